The standard InChI is InChI=1S/C16H21N3/c1-11-5-3-4-6-15(11)19-16-8-7-13(10-17)9-14(16)12(2)18-19/h3-6,13H,7-10,17H2,1-2H3. The van der Waals surface area contributed by atoms with E-state index in [9.17, 15) is 0 Å². The molecule has 1 heterocycles. The van der Waals surface area contributed by atoms with Crippen LogP contribution in [0.1, 0.15) is 28.9 Å². The van der Waals surface area contributed by atoms with E-state index in [0.717, 1.165) is 25.1 Å². The zero-order valence-electron chi connectivity index (χ0n) is 11.7. The maximum atomic E-state index is 5.83. The Morgan fingerprint density at radius 1 is 1.32 bits per heavy atom. The Bertz CT molecular complexity index is 598. The predicted octanol–water partition coefficient (Wildman–Crippen LogP) is 2.55. The molecule has 0 amide bonds. The SMILES string of the molecule is Cc1ccccc1-n1nc(C)c2c1CCC(CN)C2. The summed E-state index contributed by atoms with van der Waals surface area (Å²) < 4.78 is 2.15. The third-order valence-electron chi connectivity index (χ3n) is 4.25. The molecule has 1 aliphatic carbocycles. The van der Waals surface area contributed by atoms with Crippen LogP contribution in [-0.2, 0) is 12.8 Å². The van der Waals surface area contributed by atoms with Gasteiger partial charge in [-0.25, -0.2) is 4.68 Å². The van der Waals surface area contributed by atoms with Gasteiger partial charge in [0.25, 0.3) is 0 Å². The fraction of sp³-hybridized carbons (Fsp3) is 0.438. The second-order valence-corrected chi connectivity index (χ2v) is 5.55. The van der Waals surface area contributed by atoms with Crippen molar-refractivity contribution in [1.29, 1.82) is 0 Å². The van der Waals surface area contributed by atoms with E-state index in [1.54, 1.807) is 0 Å². The quantitative estimate of drug-likeness (QED) is 0.896. The average Bonchev–Trinajstić information content (AvgIpc) is 2.76. The van der Waals surface area contributed by atoms with Crippen LogP contribution in [-0.4, -0.2) is 16.3 Å². The summed E-state index contributed by atoms with van der Waals surface area (Å²) in [5.41, 5.74) is 12.3. The highest BCUT2D eigenvalue weighted by Crippen LogP contribution is 2.29. The number of benzene rings is 1. The first kappa shape index (κ1) is 12.4. The van der Waals surface area contributed by atoms with Crippen molar-refractivity contribution in [2.45, 2.75) is 33.1 Å². The van der Waals surface area contributed by atoms with Crippen molar-refractivity contribution in [3.63, 3.8) is 0 Å². The molecule has 3 rings (SSSR count). The molecule has 1 unspecified atom stereocenters. The Hall–Kier alpha value is -1.61. The van der Waals surface area contributed by atoms with E-state index in [-0.39, 0.29) is 0 Å². The molecule has 3 nitrogen and oxygen atoms in total. The first-order chi connectivity index (χ1) is 9.20. The lowest BCUT2D eigenvalue weighted by Crippen LogP contribution is -2.23. The molecule has 19 heavy (non-hydrogen) atoms. The van der Waals surface area contributed by atoms with Crippen molar-refractivity contribution in [3.8, 4) is 5.69 Å². The van der Waals surface area contributed by atoms with Crippen LogP contribution < -0.4 is 5.73 Å². The number of hydrogen-bond donors (Lipinski definition) is 1. The molecule has 2 N–H and O–H groups in total. The lowest BCUT2D eigenvalue weighted by Gasteiger charge is -2.22. The van der Waals surface area contributed by atoms with Gasteiger partial charge in [0.2, 0.25) is 0 Å². The van der Waals surface area contributed by atoms with Gasteiger partial charge >= 0.3 is 0 Å². The van der Waals surface area contributed by atoms with E-state index in [4.69, 9.17) is 10.8 Å². The van der Waals surface area contributed by atoms with Crippen LogP contribution in [0.15, 0.2) is 24.3 Å². The molecule has 0 saturated carbocycles. The summed E-state index contributed by atoms with van der Waals surface area (Å²) in [7, 11) is 0. The number of aryl methyl sites for hydroxylation is 2. The number of aromatic nitrogens is 2. The van der Waals surface area contributed by atoms with E-state index in [1.807, 2.05) is 0 Å². The summed E-state index contributed by atoms with van der Waals surface area (Å²) in [6, 6.07) is 8.45. The van der Waals surface area contributed by atoms with Gasteiger partial charge in [0.1, 0.15) is 0 Å². The second-order valence-electron chi connectivity index (χ2n) is 5.55. The minimum atomic E-state index is 0.626. The summed E-state index contributed by atoms with van der Waals surface area (Å²) in [4.78, 5) is 0. The highest BCUT2D eigenvalue weighted by atomic mass is 15.3. The third kappa shape index (κ3) is 2.08. The molecule has 2 aromatic rings. The Morgan fingerprint density at radius 3 is 2.84 bits per heavy atom. The summed E-state index contributed by atoms with van der Waals surface area (Å²) in [6.45, 7) is 5.05. The van der Waals surface area contributed by atoms with Gasteiger partial charge in [0.15, 0.2) is 0 Å². The number of para-hydroxylation sites is 1. The summed E-state index contributed by atoms with van der Waals surface area (Å²) in [5.74, 6) is 0.626. The molecule has 1 aromatic carbocycles. The van der Waals surface area contributed by atoms with Crippen LogP contribution in [0.5, 0.6) is 0 Å². The third-order valence-corrected chi connectivity index (χ3v) is 4.25. The fourth-order valence-electron chi connectivity index (χ4n) is 3.06. The Kier molecular flexibility index (Phi) is 3.15. The number of rotatable bonds is 2. The van der Waals surface area contributed by atoms with Gasteiger partial charge in [-0.3, -0.25) is 0 Å². The van der Waals surface area contributed by atoms with E-state index >= 15 is 0 Å². The van der Waals surface area contributed by atoms with Crippen LogP contribution in [0.25, 0.3) is 5.69 Å². The Labute approximate surface area is 114 Å². The van der Waals surface area contributed by atoms with Gasteiger partial charge in [-0.05, 0) is 62.8 Å². The van der Waals surface area contributed by atoms with Gasteiger partial charge < -0.3 is 5.73 Å². The van der Waals surface area contributed by atoms with Crippen molar-refractivity contribution in [1.82, 2.24) is 9.78 Å². The van der Waals surface area contributed by atoms with Gasteiger partial charge in [-0.1, -0.05) is 18.2 Å². The van der Waals surface area contributed by atoms with Gasteiger partial charge in [0, 0.05) is 5.69 Å². The zero-order valence-corrected chi connectivity index (χ0v) is 11.7. The van der Waals surface area contributed by atoms with Crippen molar-refractivity contribution >= 4 is 0 Å². The molecule has 3 heteroatoms. The molecule has 0 aliphatic heterocycles. The normalized spacial score (nSPS) is 18.4. The molecule has 1 atom stereocenters. The zero-order chi connectivity index (χ0) is 13.4. The molecule has 0 bridgehead atoms. The summed E-state index contributed by atoms with van der Waals surface area (Å²) >= 11 is 0. The van der Waals surface area contributed by atoms with E-state index in [2.05, 4.69) is 42.8 Å². The highest BCUT2D eigenvalue weighted by Gasteiger charge is 2.24. The largest absolute Gasteiger partial charge is 0.330 e. The van der Waals surface area contributed by atoms with Crippen LogP contribution in [0.2, 0.25) is 0 Å². The molecule has 1 aliphatic rings. The number of nitrogens with two attached hydrogens (primary N) is 1. The monoisotopic (exact) mass is 255 g/mol. The van der Waals surface area contributed by atoms with Crippen LogP contribution in [0.3, 0.4) is 0 Å². The maximum absolute atomic E-state index is 5.83. The first-order valence-electron chi connectivity index (χ1n) is 7.04. The number of fused-ring (bicyclic) bond motifs is 1. The fourth-order valence-corrected chi connectivity index (χ4v) is 3.06. The lowest BCUT2D eigenvalue weighted by molar-refractivity contribution is 0.461. The number of hydrogen-bond acceptors (Lipinski definition) is 2. The minimum Gasteiger partial charge on any atom is -0.330 e. The lowest BCUT2D eigenvalue weighted by atomic mass is 9.86. The van der Waals surface area contributed by atoms with Gasteiger partial charge in [-0.15, -0.1) is 0 Å². The molecular weight excluding hydrogens is 234 g/mol. The topological polar surface area (TPSA) is 43.8 Å². The second kappa shape index (κ2) is 4.82. The smallest absolute Gasteiger partial charge is 0.0678 e. The Morgan fingerprint density at radius 2 is 2.11 bits per heavy atom. The molecule has 0 saturated heterocycles. The summed E-state index contributed by atoms with van der Waals surface area (Å²) in [6.07, 6.45) is 3.36. The van der Waals surface area contributed by atoms with Crippen LogP contribution in [0, 0.1) is 19.8 Å². The molecule has 0 radical (unpaired) electrons. The average molecular weight is 255 g/mol. The van der Waals surface area contributed by atoms with E-state index in [1.165, 1.54) is 28.9 Å². The maximum Gasteiger partial charge on any atom is 0.0678 e. The van der Waals surface area contributed by atoms with Gasteiger partial charge in [-0.2, -0.15) is 5.10 Å². The van der Waals surface area contributed by atoms with Crippen molar-refractivity contribution < 1.29 is 0 Å². The van der Waals surface area contributed by atoms with Crippen LogP contribution in [0.4, 0.5) is 0 Å². The number of nitrogens with zero attached hydrogens (tertiary/aromatic N) is 2. The van der Waals surface area contributed by atoms with Crippen molar-refractivity contribution in [3.05, 3.63) is 46.8 Å². The van der Waals surface area contributed by atoms with E-state index < -0.39 is 0 Å². The van der Waals surface area contributed by atoms with Crippen molar-refractivity contribution in [2.24, 2.45) is 11.7 Å². The highest BCUT2D eigenvalue weighted by molar-refractivity contribution is 5.43. The molecule has 1 aromatic heterocycles. The van der Waals surface area contributed by atoms with Crippen LogP contribution >= 0.6 is 0 Å². The van der Waals surface area contributed by atoms with Crippen molar-refractivity contribution in [2.75, 3.05) is 6.54 Å². The Balaban J connectivity index is 2.08. The van der Waals surface area contributed by atoms with E-state index in [0.29, 0.717) is 5.92 Å². The predicted molar refractivity (Wildman–Crippen MR) is 77.6 cm³/mol. The van der Waals surface area contributed by atoms with Gasteiger partial charge in [0.05, 0.1) is 11.4 Å². The summed E-state index contributed by atoms with van der Waals surface area (Å²) in [5, 5.41) is 4.77. The molecule has 0 fully saturated rings. The molecular formula is C16H21N3. The molecule has 100 valence electrons. The first-order valence-corrected chi connectivity index (χ1v) is 7.04. The molecule has 0 spiro atoms. The minimum absolute atomic E-state index is 0.626.